The first kappa shape index (κ1) is 12.1. The van der Waals surface area contributed by atoms with E-state index in [4.69, 9.17) is 0 Å². The highest BCUT2D eigenvalue weighted by Crippen LogP contribution is 2.18. The third kappa shape index (κ3) is 3.07. The second-order valence-electron chi connectivity index (χ2n) is 4.87. The lowest BCUT2D eigenvalue weighted by Gasteiger charge is -2.29. The molecule has 92 valence electrons. The number of hydrogen-bond donors (Lipinski definition) is 1. The smallest absolute Gasteiger partial charge is 0.236 e. The molecule has 1 aliphatic rings. The first-order chi connectivity index (χ1) is 8.16. The van der Waals surface area contributed by atoms with Crippen LogP contribution in [-0.4, -0.2) is 29.9 Å². The van der Waals surface area contributed by atoms with Crippen molar-refractivity contribution in [2.75, 3.05) is 13.1 Å². The van der Waals surface area contributed by atoms with E-state index < -0.39 is 0 Å². The fourth-order valence-electron chi connectivity index (χ4n) is 2.11. The third-order valence-electron chi connectivity index (χ3n) is 3.14. The molecule has 0 fully saturated rings. The minimum Gasteiger partial charge on any atom is -0.337 e. The summed E-state index contributed by atoms with van der Waals surface area (Å²) in [5.74, 6) is 0.202. The molecular formula is C14H20N2O. The number of fused-ring (bicyclic) bond motifs is 1. The predicted octanol–water partition coefficient (Wildman–Crippen LogP) is 1.57. The predicted molar refractivity (Wildman–Crippen MR) is 68.7 cm³/mol. The van der Waals surface area contributed by atoms with Crippen molar-refractivity contribution in [3.8, 4) is 0 Å². The van der Waals surface area contributed by atoms with Gasteiger partial charge in [0.1, 0.15) is 0 Å². The molecule has 0 aliphatic carbocycles. The molecule has 3 heteroatoms. The van der Waals surface area contributed by atoms with E-state index in [1.807, 2.05) is 11.0 Å². The Kier molecular flexibility index (Phi) is 3.79. The zero-order valence-corrected chi connectivity index (χ0v) is 10.6. The highest BCUT2D eigenvalue weighted by atomic mass is 16.2. The summed E-state index contributed by atoms with van der Waals surface area (Å²) in [6.07, 6.45) is 0.976. The van der Waals surface area contributed by atoms with Gasteiger partial charge in [-0.05, 0) is 17.5 Å². The van der Waals surface area contributed by atoms with Crippen LogP contribution in [0.3, 0.4) is 0 Å². The summed E-state index contributed by atoms with van der Waals surface area (Å²) in [6, 6.07) is 8.74. The Hall–Kier alpha value is -1.35. The molecule has 1 aromatic carbocycles. The van der Waals surface area contributed by atoms with E-state index in [2.05, 4.69) is 37.4 Å². The average Bonchev–Trinajstić information content (AvgIpc) is 2.35. The molecule has 1 N–H and O–H groups in total. The van der Waals surface area contributed by atoms with Gasteiger partial charge in [-0.15, -0.1) is 0 Å². The zero-order valence-electron chi connectivity index (χ0n) is 10.6. The van der Waals surface area contributed by atoms with E-state index in [-0.39, 0.29) is 5.91 Å². The van der Waals surface area contributed by atoms with E-state index in [0.29, 0.717) is 12.6 Å². The van der Waals surface area contributed by atoms with Crippen molar-refractivity contribution in [2.45, 2.75) is 32.9 Å². The van der Waals surface area contributed by atoms with Crippen molar-refractivity contribution in [3.63, 3.8) is 0 Å². The maximum Gasteiger partial charge on any atom is 0.236 e. The number of hydrogen-bond acceptors (Lipinski definition) is 2. The maximum atomic E-state index is 12.0. The average molecular weight is 232 g/mol. The number of rotatable bonds is 3. The van der Waals surface area contributed by atoms with Gasteiger partial charge >= 0.3 is 0 Å². The van der Waals surface area contributed by atoms with E-state index in [1.54, 1.807) is 0 Å². The summed E-state index contributed by atoms with van der Waals surface area (Å²) in [4.78, 5) is 13.9. The van der Waals surface area contributed by atoms with Gasteiger partial charge in [-0.25, -0.2) is 0 Å². The molecule has 0 atom stereocenters. The van der Waals surface area contributed by atoms with Crippen LogP contribution in [0.5, 0.6) is 0 Å². The molecule has 0 unspecified atom stereocenters. The van der Waals surface area contributed by atoms with Crippen LogP contribution in [0.2, 0.25) is 0 Å². The van der Waals surface area contributed by atoms with Crippen LogP contribution < -0.4 is 5.32 Å². The lowest BCUT2D eigenvalue weighted by Crippen LogP contribution is -2.42. The van der Waals surface area contributed by atoms with E-state index in [0.717, 1.165) is 19.5 Å². The van der Waals surface area contributed by atoms with Crippen molar-refractivity contribution < 1.29 is 4.79 Å². The van der Waals surface area contributed by atoms with Gasteiger partial charge < -0.3 is 10.2 Å². The van der Waals surface area contributed by atoms with Crippen LogP contribution >= 0.6 is 0 Å². The minimum atomic E-state index is 0.202. The fourth-order valence-corrected chi connectivity index (χ4v) is 2.11. The lowest BCUT2D eigenvalue weighted by molar-refractivity contribution is -0.131. The van der Waals surface area contributed by atoms with Gasteiger partial charge in [0, 0.05) is 19.1 Å². The van der Waals surface area contributed by atoms with Gasteiger partial charge in [0.05, 0.1) is 6.54 Å². The minimum absolute atomic E-state index is 0.202. The summed E-state index contributed by atoms with van der Waals surface area (Å²) in [7, 11) is 0. The molecule has 1 aliphatic heterocycles. The SMILES string of the molecule is CC(C)NCC(=O)N1CCc2ccccc2C1. The molecule has 1 amide bonds. The molecule has 3 nitrogen and oxygen atoms in total. The first-order valence-corrected chi connectivity index (χ1v) is 6.25. The second-order valence-corrected chi connectivity index (χ2v) is 4.87. The monoisotopic (exact) mass is 232 g/mol. The Bertz CT molecular complexity index is 401. The Morgan fingerprint density at radius 2 is 2.06 bits per heavy atom. The summed E-state index contributed by atoms with van der Waals surface area (Å²) < 4.78 is 0. The normalized spacial score (nSPS) is 14.9. The largest absolute Gasteiger partial charge is 0.337 e. The number of nitrogens with one attached hydrogen (secondary N) is 1. The van der Waals surface area contributed by atoms with Crippen LogP contribution in [0, 0.1) is 0 Å². The van der Waals surface area contributed by atoms with Crippen molar-refractivity contribution in [1.82, 2.24) is 10.2 Å². The molecule has 0 aromatic heterocycles. The second kappa shape index (κ2) is 5.32. The Labute approximate surface area is 103 Å². The van der Waals surface area contributed by atoms with Gasteiger partial charge in [-0.1, -0.05) is 38.1 Å². The molecule has 0 spiro atoms. The van der Waals surface area contributed by atoms with Crippen molar-refractivity contribution in [3.05, 3.63) is 35.4 Å². The number of nitrogens with zero attached hydrogens (tertiary/aromatic N) is 1. The third-order valence-corrected chi connectivity index (χ3v) is 3.14. The van der Waals surface area contributed by atoms with Crippen LogP contribution in [0.1, 0.15) is 25.0 Å². The van der Waals surface area contributed by atoms with E-state index in [1.165, 1.54) is 11.1 Å². The lowest BCUT2D eigenvalue weighted by atomic mass is 10.00. The van der Waals surface area contributed by atoms with Crippen LogP contribution in [0.15, 0.2) is 24.3 Å². The first-order valence-electron chi connectivity index (χ1n) is 6.25. The van der Waals surface area contributed by atoms with Crippen LogP contribution in [-0.2, 0) is 17.8 Å². The van der Waals surface area contributed by atoms with Gasteiger partial charge in [-0.3, -0.25) is 4.79 Å². The fraction of sp³-hybridized carbons (Fsp3) is 0.500. The number of benzene rings is 1. The van der Waals surface area contributed by atoms with E-state index in [9.17, 15) is 4.79 Å². The Balaban J connectivity index is 1.95. The molecule has 2 rings (SSSR count). The summed E-state index contributed by atoms with van der Waals surface area (Å²) in [6.45, 7) is 6.15. The molecule has 0 saturated carbocycles. The van der Waals surface area contributed by atoms with Crippen molar-refractivity contribution >= 4 is 5.91 Å². The number of carbonyl (C=O) groups is 1. The molecule has 0 radical (unpaired) electrons. The van der Waals surface area contributed by atoms with Crippen LogP contribution in [0.25, 0.3) is 0 Å². The van der Waals surface area contributed by atoms with Gasteiger partial charge in [0.2, 0.25) is 5.91 Å². The van der Waals surface area contributed by atoms with Gasteiger partial charge in [-0.2, -0.15) is 0 Å². The van der Waals surface area contributed by atoms with Gasteiger partial charge in [0.25, 0.3) is 0 Å². The zero-order chi connectivity index (χ0) is 12.3. The summed E-state index contributed by atoms with van der Waals surface area (Å²) >= 11 is 0. The summed E-state index contributed by atoms with van der Waals surface area (Å²) in [5, 5.41) is 3.18. The molecule has 1 heterocycles. The van der Waals surface area contributed by atoms with E-state index >= 15 is 0 Å². The Morgan fingerprint density at radius 3 is 2.76 bits per heavy atom. The van der Waals surface area contributed by atoms with Crippen LogP contribution in [0.4, 0.5) is 0 Å². The molecule has 0 bridgehead atoms. The molecular weight excluding hydrogens is 212 g/mol. The molecule has 17 heavy (non-hydrogen) atoms. The maximum absolute atomic E-state index is 12.0. The molecule has 1 aromatic rings. The quantitative estimate of drug-likeness (QED) is 0.858. The Morgan fingerprint density at radius 1 is 1.35 bits per heavy atom. The van der Waals surface area contributed by atoms with Gasteiger partial charge in [0.15, 0.2) is 0 Å². The summed E-state index contributed by atoms with van der Waals surface area (Å²) in [5.41, 5.74) is 2.67. The van der Waals surface area contributed by atoms with Crippen molar-refractivity contribution in [2.24, 2.45) is 0 Å². The number of amides is 1. The standard InChI is InChI=1S/C14H20N2O/c1-11(2)15-9-14(17)16-8-7-12-5-3-4-6-13(12)10-16/h3-6,11,15H,7-10H2,1-2H3. The number of carbonyl (C=O) groups excluding carboxylic acids is 1. The highest BCUT2D eigenvalue weighted by Gasteiger charge is 2.19. The highest BCUT2D eigenvalue weighted by molar-refractivity contribution is 5.78. The molecule has 0 saturated heterocycles. The van der Waals surface area contributed by atoms with Crippen molar-refractivity contribution in [1.29, 1.82) is 0 Å². The topological polar surface area (TPSA) is 32.3 Å².